The van der Waals surface area contributed by atoms with Gasteiger partial charge in [-0.3, -0.25) is 15.6 Å². The van der Waals surface area contributed by atoms with Crippen LogP contribution in [-0.2, 0) is 0 Å². The van der Waals surface area contributed by atoms with Crippen LogP contribution in [0.4, 0.5) is 0 Å². The van der Waals surface area contributed by atoms with Crippen molar-refractivity contribution in [3.8, 4) is 5.69 Å². The molecule has 0 radical (unpaired) electrons. The Kier molecular flexibility index (Phi) is 4.99. The van der Waals surface area contributed by atoms with E-state index in [1.165, 1.54) is 12.7 Å². The fourth-order valence-corrected chi connectivity index (χ4v) is 4.27. The highest BCUT2D eigenvalue weighted by Gasteiger charge is 2.35. The van der Waals surface area contributed by atoms with Crippen molar-refractivity contribution >= 4 is 5.91 Å². The average Bonchev–Trinajstić information content (AvgIpc) is 3.39. The molecule has 2 unspecified atom stereocenters. The van der Waals surface area contributed by atoms with Gasteiger partial charge in [-0.1, -0.05) is 25.5 Å². The summed E-state index contributed by atoms with van der Waals surface area (Å²) in [7, 11) is 0. The Bertz CT molecular complexity index is 738. The first-order valence-electron chi connectivity index (χ1n) is 9.49. The van der Waals surface area contributed by atoms with Gasteiger partial charge in [0.05, 0.1) is 11.3 Å². The van der Waals surface area contributed by atoms with E-state index in [1.807, 2.05) is 29.2 Å². The molecular weight excluding hydrogens is 328 g/mol. The lowest BCUT2D eigenvalue weighted by Gasteiger charge is -2.36. The number of hydrogen-bond acceptors (Lipinski definition) is 5. The third kappa shape index (κ3) is 3.24. The van der Waals surface area contributed by atoms with Gasteiger partial charge in [-0.2, -0.15) is 5.10 Å². The van der Waals surface area contributed by atoms with Crippen LogP contribution in [0.1, 0.15) is 36.5 Å². The van der Waals surface area contributed by atoms with E-state index in [1.54, 1.807) is 11.0 Å². The van der Waals surface area contributed by atoms with Crippen molar-refractivity contribution < 1.29 is 4.79 Å². The van der Waals surface area contributed by atoms with Gasteiger partial charge in [-0.25, -0.2) is 9.67 Å². The Hall–Kier alpha value is -2.25. The van der Waals surface area contributed by atoms with Crippen molar-refractivity contribution in [3.63, 3.8) is 0 Å². The molecular formula is C19H26N6O. The fraction of sp³-hybridized carbons (Fsp3) is 0.526. The van der Waals surface area contributed by atoms with Crippen LogP contribution in [0.3, 0.4) is 0 Å². The number of rotatable bonds is 4. The van der Waals surface area contributed by atoms with Gasteiger partial charge >= 0.3 is 0 Å². The van der Waals surface area contributed by atoms with Gasteiger partial charge in [-0.15, -0.1) is 0 Å². The summed E-state index contributed by atoms with van der Waals surface area (Å²) in [5.41, 5.74) is 8.23. The summed E-state index contributed by atoms with van der Waals surface area (Å²) in [6.45, 7) is 4.92. The number of amides is 1. The van der Waals surface area contributed by atoms with E-state index in [-0.39, 0.29) is 5.91 Å². The average molecular weight is 354 g/mol. The van der Waals surface area contributed by atoms with Crippen molar-refractivity contribution in [1.29, 1.82) is 0 Å². The van der Waals surface area contributed by atoms with Crippen LogP contribution < -0.4 is 10.9 Å². The summed E-state index contributed by atoms with van der Waals surface area (Å²) in [5, 5.41) is 4.18. The lowest BCUT2D eigenvalue weighted by molar-refractivity contribution is 0.0663. The van der Waals surface area contributed by atoms with Crippen molar-refractivity contribution in [2.45, 2.75) is 32.2 Å². The van der Waals surface area contributed by atoms with Gasteiger partial charge < -0.3 is 4.90 Å². The van der Waals surface area contributed by atoms with E-state index in [0.717, 1.165) is 38.2 Å². The first-order valence-corrected chi connectivity index (χ1v) is 9.49. The molecule has 3 heterocycles. The number of para-hydroxylation sites is 1. The minimum absolute atomic E-state index is 0.0825. The normalized spacial score (nSPS) is 24.1. The topological polar surface area (TPSA) is 75.1 Å². The molecule has 1 aromatic carbocycles. The molecule has 2 fully saturated rings. The van der Waals surface area contributed by atoms with Gasteiger partial charge in [0.25, 0.3) is 5.91 Å². The van der Waals surface area contributed by atoms with Crippen LogP contribution >= 0.6 is 0 Å². The van der Waals surface area contributed by atoms with Gasteiger partial charge in [0.2, 0.25) is 0 Å². The third-order valence-electron chi connectivity index (χ3n) is 5.80. The van der Waals surface area contributed by atoms with Gasteiger partial charge in [0.15, 0.2) is 0 Å². The number of hydrogen-bond donors (Lipinski definition) is 2. The van der Waals surface area contributed by atoms with Crippen molar-refractivity contribution in [2.75, 3.05) is 19.6 Å². The molecule has 1 amide bonds. The van der Waals surface area contributed by atoms with E-state index in [4.69, 9.17) is 0 Å². The van der Waals surface area contributed by atoms with Gasteiger partial charge in [-0.05, 0) is 36.8 Å². The van der Waals surface area contributed by atoms with Crippen molar-refractivity contribution in [1.82, 2.24) is 30.5 Å². The Labute approximate surface area is 153 Å². The summed E-state index contributed by atoms with van der Waals surface area (Å²) in [5.74, 6) is 1.40. The Morgan fingerprint density at radius 3 is 2.81 bits per heavy atom. The highest BCUT2D eigenvalue weighted by atomic mass is 16.2. The molecule has 4 rings (SSSR count). The first-order chi connectivity index (χ1) is 12.8. The minimum Gasteiger partial charge on any atom is -0.339 e. The van der Waals surface area contributed by atoms with Crippen LogP contribution in [-0.4, -0.2) is 51.2 Å². The number of nitrogens with zero attached hydrogens (tertiary/aromatic N) is 4. The molecule has 7 heteroatoms. The number of benzene rings is 1. The quantitative estimate of drug-likeness (QED) is 0.873. The summed E-state index contributed by atoms with van der Waals surface area (Å²) in [4.78, 5) is 19.1. The van der Waals surface area contributed by atoms with Crippen LogP contribution in [0.2, 0.25) is 0 Å². The molecule has 0 bridgehead atoms. The number of likely N-dealkylation sites (tertiary alicyclic amines) is 1. The van der Waals surface area contributed by atoms with E-state index in [0.29, 0.717) is 23.4 Å². The second kappa shape index (κ2) is 7.55. The zero-order chi connectivity index (χ0) is 17.9. The van der Waals surface area contributed by atoms with Crippen LogP contribution in [0, 0.1) is 11.8 Å². The number of hydrazine groups is 1. The molecule has 2 aromatic rings. The lowest BCUT2D eigenvalue weighted by Crippen LogP contribution is -2.46. The molecule has 0 spiro atoms. The molecule has 2 atom stereocenters. The summed E-state index contributed by atoms with van der Waals surface area (Å²) in [6.07, 6.45) is 6.40. The van der Waals surface area contributed by atoms with Crippen LogP contribution in [0.25, 0.3) is 5.69 Å². The largest absolute Gasteiger partial charge is 0.339 e. The molecule has 0 aliphatic carbocycles. The number of nitrogens with one attached hydrogen (secondary N) is 2. The smallest absolute Gasteiger partial charge is 0.256 e. The highest BCUT2D eigenvalue weighted by Crippen LogP contribution is 2.29. The minimum atomic E-state index is 0.0825. The van der Waals surface area contributed by atoms with Crippen LogP contribution in [0.5, 0.6) is 0 Å². The molecule has 1 aromatic heterocycles. The second-order valence-corrected chi connectivity index (χ2v) is 7.21. The van der Waals surface area contributed by atoms with E-state index >= 15 is 0 Å². The van der Waals surface area contributed by atoms with Gasteiger partial charge in [0, 0.05) is 25.7 Å². The molecule has 2 N–H and O–H groups in total. The van der Waals surface area contributed by atoms with Crippen LogP contribution in [0.15, 0.2) is 36.9 Å². The maximum Gasteiger partial charge on any atom is 0.256 e. The molecule has 26 heavy (non-hydrogen) atoms. The molecule has 2 saturated heterocycles. The molecule has 7 nitrogen and oxygen atoms in total. The Morgan fingerprint density at radius 2 is 2.08 bits per heavy atom. The Morgan fingerprint density at radius 1 is 1.27 bits per heavy atom. The molecule has 0 saturated carbocycles. The summed E-state index contributed by atoms with van der Waals surface area (Å²) >= 11 is 0. The molecule has 2 aliphatic rings. The fourth-order valence-electron chi connectivity index (χ4n) is 4.27. The molecule has 2 aliphatic heterocycles. The Balaban J connectivity index is 1.45. The van der Waals surface area contributed by atoms with Crippen molar-refractivity contribution in [2.24, 2.45) is 11.8 Å². The number of carbonyl (C=O) groups excluding carboxylic acids is 1. The van der Waals surface area contributed by atoms with Crippen molar-refractivity contribution in [3.05, 3.63) is 42.5 Å². The lowest BCUT2D eigenvalue weighted by atomic mass is 9.82. The van der Waals surface area contributed by atoms with E-state index < -0.39 is 0 Å². The first kappa shape index (κ1) is 17.2. The predicted octanol–water partition coefficient (Wildman–Crippen LogP) is 1.62. The summed E-state index contributed by atoms with van der Waals surface area (Å²) < 4.78 is 1.65. The zero-order valence-electron chi connectivity index (χ0n) is 15.1. The maximum absolute atomic E-state index is 13.1. The van der Waals surface area contributed by atoms with Gasteiger partial charge in [0.1, 0.15) is 12.7 Å². The molecule has 138 valence electrons. The van der Waals surface area contributed by atoms with E-state index in [2.05, 4.69) is 27.9 Å². The number of carbonyl (C=O) groups is 1. The maximum atomic E-state index is 13.1. The third-order valence-corrected chi connectivity index (χ3v) is 5.80. The second-order valence-electron chi connectivity index (χ2n) is 7.21. The van der Waals surface area contributed by atoms with E-state index in [9.17, 15) is 4.79 Å². The number of aromatic nitrogens is 3. The standard InChI is InChI=1S/C19H26N6O/c1-2-14-11-21-23-18(14)15-7-9-24(10-8-15)19(26)16-5-3-4-6-17(16)25-13-20-12-22-25/h3-6,12-15,18,21,23H,2,7-11H2,1H3. The number of piperidine rings is 1. The SMILES string of the molecule is CCC1CNNC1C1CCN(C(=O)c2ccccc2-n2cncn2)CC1. The zero-order valence-corrected chi connectivity index (χ0v) is 15.1. The predicted molar refractivity (Wildman–Crippen MR) is 98.7 cm³/mol. The summed E-state index contributed by atoms with van der Waals surface area (Å²) in [6, 6.07) is 8.14. The highest BCUT2D eigenvalue weighted by molar-refractivity contribution is 5.97. The monoisotopic (exact) mass is 354 g/mol.